The molecule has 0 amide bonds. The predicted molar refractivity (Wildman–Crippen MR) is 62.9 cm³/mol. The van der Waals surface area contributed by atoms with Gasteiger partial charge in [0.1, 0.15) is 0 Å². The van der Waals surface area contributed by atoms with Crippen LogP contribution in [0.5, 0.6) is 0 Å². The molecule has 2 rings (SSSR count). The van der Waals surface area contributed by atoms with E-state index in [-0.39, 0.29) is 7.12 Å². The Morgan fingerprint density at radius 2 is 1.87 bits per heavy atom. The van der Waals surface area contributed by atoms with Crippen molar-refractivity contribution in [3.8, 4) is 0 Å². The molecule has 1 saturated carbocycles. The fraction of sp³-hybridized carbons (Fsp3) is 1.00. The molecule has 2 fully saturated rings. The average molecular weight is 210 g/mol. The molecule has 1 heterocycles. The smallest absolute Gasteiger partial charge is 0.409 e. The van der Waals surface area contributed by atoms with Gasteiger partial charge in [-0.1, -0.05) is 51.9 Å². The summed E-state index contributed by atoms with van der Waals surface area (Å²) in [5.41, 5.74) is 0. The second kappa shape index (κ2) is 5.90. The highest BCUT2D eigenvalue weighted by Gasteiger charge is 2.39. The van der Waals surface area contributed by atoms with E-state index in [4.69, 9.17) is 9.31 Å². The minimum absolute atomic E-state index is 0.132. The SMILES string of the molecule is CCCC[C@@H]1CCCC[C@H]1B1OCCO1. The first-order chi connectivity index (χ1) is 7.42. The Labute approximate surface area is 93.9 Å². The molecular weight excluding hydrogens is 187 g/mol. The minimum Gasteiger partial charge on any atom is -0.409 e. The Bertz CT molecular complexity index is 180. The molecule has 1 aliphatic carbocycles. The summed E-state index contributed by atoms with van der Waals surface area (Å²) in [6.45, 7) is 3.89. The summed E-state index contributed by atoms with van der Waals surface area (Å²) in [4.78, 5) is 0. The Morgan fingerprint density at radius 3 is 2.60 bits per heavy atom. The Morgan fingerprint density at radius 1 is 1.13 bits per heavy atom. The molecule has 3 heteroatoms. The van der Waals surface area contributed by atoms with Gasteiger partial charge < -0.3 is 9.31 Å². The van der Waals surface area contributed by atoms with Crippen molar-refractivity contribution in [3.63, 3.8) is 0 Å². The van der Waals surface area contributed by atoms with Crippen LogP contribution in [0.25, 0.3) is 0 Å². The van der Waals surface area contributed by atoms with Crippen LogP contribution in [-0.4, -0.2) is 20.3 Å². The minimum atomic E-state index is 0.132. The quantitative estimate of drug-likeness (QED) is 0.663. The Hall–Kier alpha value is -0.0151. The molecule has 2 atom stereocenters. The highest BCUT2D eigenvalue weighted by atomic mass is 16.6. The van der Waals surface area contributed by atoms with E-state index in [1.165, 1.54) is 44.9 Å². The lowest BCUT2D eigenvalue weighted by Crippen LogP contribution is -2.30. The van der Waals surface area contributed by atoms with Gasteiger partial charge in [-0.25, -0.2) is 0 Å². The predicted octanol–water partition coefficient (Wildman–Crippen LogP) is 3.27. The molecule has 0 aromatic heterocycles. The van der Waals surface area contributed by atoms with E-state index in [1.54, 1.807) is 0 Å². The first-order valence-electron chi connectivity index (χ1n) is 6.65. The molecule has 0 radical (unpaired) electrons. The highest BCUT2D eigenvalue weighted by molar-refractivity contribution is 6.47. The summed E-state index contributed by atoms with van der Waals surface area (Å²) in [5.74, 6) is 1.55. The lowest BCUT2D eigenvalue weighted by molar-refractivity contribution is 0.265. The van der Waals surface area contributed by atoms with Gasteiger partial charge >= 0.3 is 7.12 Å². The van der Waals surface area contributed by atoms with Crippen LogP contribution in [0.1, 0.15) is 51.9 Å². The van der Waals surface area contributed by atoms with Crippen LogP contribution in [0.4, 0.5) is 0 Å². The van der Waals surface area contributed by atoms with Gasteiger partial charge in [-0.3, -0.25) is 0 Å². The third-order valence-electron chi connectivity index (χ3n) is 3.89. The van der Waals surface area contributed by atoms with Crippen LogP contribution in [0.2, 0.25) is 5.82 Å². The van der Waals surface area contributed by atoms with E-state index in [2.05, 4.69) is 6.92 Å². The molecule has 1 saturated heterocycles. The van der Waals surface area contributed by atoms with Crippen LogP contribution in [0.15, 0.2) is 0 Å². The van der Waals surface area contributed by atoms with E-state index < -0.39 is 0 Å². The normalized spacial score (nSPS) is 32.2. The summed E-state index contributed by atoms with van der Waals surface area (Å²) in [6.07, 6.45) is 9.56. The maximum atomic E-state index is 5.68. The largest absolute Gasteiger partial charge is 0.460 e. The summed E-state index contributed by atoms with van der Waals surface area (Å²) >= 11 is 0. The van der Waals surface area contributed by atoms with E-state index in [1.807, 2.05) is 0 Å². The van der Waals surface area contributed by atoms with Crippen LogP contribution < -0.4 is 0 Å². The summed E-state index contributed by atoms with van der Waals surface area (Å²) in [5, 5.41) is 0. The summed E-state index contributed by atoms with van der Waals surface area (Å²) in [7, 11) is 0.132. The van der Waals surface area contributed by atoms with Gasteiger partial charge in [-0.2, -0.15) is 0 Å². The maximum Gasteiger partial charge on any atom is 0.460 e. The van der Waals surface area contributed by atoms with Crippen molar-refractivity contribution >= 4 is 7.12 Å². The molecule has 0 spiro atoms. The van der Waals surface area contributed by atoms with Crippen molar-refractivity contribution in [3.05, 3.63) is 0 Å². The molecule has 86 valence electrons. The van der Waals surface area contributed by atoms with Gasteiger partial charge in [0.15, 0.2) is 0 Å². The topological polar surface area (TPSA) is 18.5 Å². The monoisotopic (exact) mass is 210 g/mol. The highest BCUT2D eigenvalue weighted by Crippen LogP contribution is 2.40. The van der Waals surface area contributed by atoms with Crippen molar-refractivity contribution < 1.29 is 9.31 Å². The van der Waals surface area contributed by atoms with Gasteiger partial charge in [-0.15, -0.1) is 0 Å². The van der Waals surface area contributed by atoms with Gasteiger partial charge in [0.25, 0.3) is 0 Å². The van der Waals surface area contributed by atoms with E-state index in [9.17, 15) is 0 Å². The van der Waals surface area contributed by atoms with E-state index in [0.29, 0.717) is 5.82 Å². The lowest BCUT2D eigenvalue weighted by atomic mass is 9.58. The average Bonchev–Trinajstić information content (AvgIpc) is 2.80. The lowest BCUT2D eigenvalue weighted by Gasteiger charge is -2.32. The van der Waals surface area contributed by atoms with Crippen LogP contribution in [-0.2, 0) is 9.31 Å². The molecule has 1 aliphatic heterocycles. The van der Waals surface area contributed by atoms with Crippen molar-refractivity contribution in [2.45, 2.75) is 57.7 Å². The number of hydrogen-bond donors (Lipinski definition) is 0. The molecule has 2 nitrogen and oxygen atoms in total. The number of unbranched alkanes of at least 4 members (excludes halogenated alkanes) is 1. The van der Waals surface area contributed by atoms with Gasteiger partial charge in [0.05, 0.1) is 13.2 Å². The second-order valence-corrected chi connectivity index (χ2v) is 4.96. The first-order valence-corrected chi connectivity index (χ1v) is 6.65. The van der Waals surface area contributed by atoms with Crippen LogP contribution in [0, 0.1) is 5.92 Å². The second-order valence-electron chi connectivity index (χ2n) is 4.96. The first kappa shape index (κ1) is 11.5. The zero-order valence-corrected chi connectivity index (χ0v) is 9.91. The molecule has 0 aromatic rings. The van der Waals surface area contributed by atoms with E-state index >= 15 is 0 Å². The molecular formula is C12H23BO2. The zero-order chi connectivity index (χ0) is 10.5. The van der Waals surface area contributed by atoms with Crippen molar-refractivity contribution in [2.75, 3.05) is 13.2 Å². The van der Waals surface area contributed by atoms with Gasteiger partial charge in [-0.05, 0) is 11.7 Å². The van der Waals surface area contributed by atoms with Crippen molar-refractivity contribution in [1.29, 1.82) is 0 Å². The maximum absolute atomic E-state index is 5.68. The molecule has 0 bridgehead atoms. The number of rotatable bonds is 4. The molecule has 15 heavy (non-hydrogen) atoms. The fourth-order valence-electron chi connectivity index (χ4n) is 3.04. The molecule has 0 aromatic carbocycles. The fourth-order valence-corrected chi connectivity index (χ4v) is 3.04. The van der Waals surface area contributed by atoms with E-state index in [0.717, 1.165) is 19.1 Å². The third kappa shape index (κ3) is 2.98. The van der Waals surface area contributed by atoms with Crippen molar-refractivity contribution in [2.24, 2.45) is 5.92 Å². The van der Waals surface area contributed by atoms with Crippen LogP contribution in [0.3, 0.4) is 0 Å². The van der Waals surface area contributed by atoms with Gasteiger partial charge in [0, 0.05) is 0 Å². The van der Waals surface area contributed by atoms with Crippen LogP contribution >= 0.6 is 0 Å². The standard InChI is InChI=1S/C12H23BO2/c1-2-3-6-11-7-4-5-8-12(11)13-14-9-10-15-13/h11-12H,2-10H2,1H3/t11-,12-/m1/s1. The summed E-state index contributed by atoms with van der Waals surface area (Å²) < 4.78 is 11.4. The summed E-state index contributed by atoms with van der Waals surface area (Å²) in [6, 6.07) is 0. The van der Waals surface area contributed by atoms with Gasteiger partial charge in [0.2, 0.25) is 0 Å². The molecule has 0 N–H and O–H groups in total. The van der Waals surface area contributed by atoms with Crippen molar-refractivity contribution in [1.82, 2.24) is 0 Å². The Balaban J connectivity index is 1.86. The zero-order valence-electron chi connectivity index (χ0n) is 9.91. The molecule has 0 unspecified atom stereocenters. The number of hydrogen-bond acceptors (Lipinski definition) is 2. The Kier molecular flexibility index (Phi) is 4.51. The molecule has 2 aliphatic rings. The third-order valence-corrected chi connectivity index (χ3v) is 3.89.